The fraction of sp³-hybridized carbons (Fsp3) is 0.222. The van der Waals surface area contributed by atoms with E-state index < -0.39 is 45.8 Å². The molecule has 2 rings (SSSR count). The van der Waals surface area contributed by atoms with Crippen molar-refractivity contribution in [2.24, 2.45) is 0 Å². The maximum absolute atomic E-state index is 12.9. The Hall–Kier alpha value is -2.45. The van der Waals surface area contributed by atoms with Crippen molar-refractivity contribution in [3.8, 4) is 0 Å². The van der Waals surface area contributed by atoms with Gasteiger partial charge in [0.2, 0.25) is 0 Å². The van der Waals surface area contributed by atoms with Gasteiger partial charge in [-0.15, -0.1) is 0 Å². The summed E-state index contributed by atoms with van der Waals surface area (Å²) in [5.41, 5.74) is 0.367. The van der Waals surface area contributed by atoms with Gasteiger partial charge in [0.1, 0.15) is 5.82 Å². The van der Waals surface area contributed by atoms with Crippen LogP contribution in [-0.4, -0.2) is 32.2 Å². The Balaban J connectivity index is 1.88. The molecule has 0 aliphatic carbocycles. The Morgan fingerprint density at radius 2 is 1.78 bits per heavy atom. The molecule has 1 amide bonds. The summed E-state index contributed by atoms with van der Waals surface area (Å²) in [5.74, 6) is -2.52. The molecule has 1 atom stereocenters. The van der Waals surface area contributed by atoms with E-state index in [-0.39, 0.29) is 4.90 Å². The van der Waals surface area contributed by atoms with Gasteiger partial charge >= 0.3 is 5.97 Å². The molecule has 2 aromatic rings. The molecule has 0 saturated heterocycles. The van der Waals surface area contributed by atoms with Gasteiger partial charge in [-0.25, -0.2) is 12.8 Å². The van der Waals surface area contributed by atoms with Gasteiger partial charge in [-0.3, -0.25) is 9.59 Å². The van der Waals surface area contributed by atoms with Crippen molar-refractivity contribution in [2.75, 3.05) is 11.1 Å². The first-order valence-corrected chi connectivity index (χ1v) is 9.95. The summed E-state index contributed by atoms with van der Waals surface area (Å²) in [6, 6.07) is 10.8. The van der Waals surface area contributed by atoms with Crippen molar-refractivity contribution < 1.29 is 27.1 Å². The van der Waals surface area contributed by atoms with E-state index >= 15 is 0 Å². The van der Waals surface area contributed by atoms with E-state index in [2.05, 4.69) is 5.32 Å². The number of amides is 1. The lowest BCUT2D eigenvalue weighted by atomic mass is 10.3. The summed E-state index contributed by atoms with van der Waals surface area (Å²) in [4.78, 5) is 23.8. The zero-order valence-corrected chi connectivity index (χ0v) is 15.9. The lowest BCUT2D eigenvalue weighted by Crippen LogP contribution is -2.30. The van der Waals surface area contributed by atoms with Crippen LogP contribution in [0.1, 0.15) is 13.3 Å². The molecule has 0 unspecified atom stereocenters. The first kappa shape index (κ1) is 20.9. The zero-order chi connectivity index (χ0) is 20.0. The first-order valence-electron chi connectivity index (χ1n) is 7.92. The number of carbonyl (C=O) groups is 2. The van der Waals surface area contributed by atoms with E-state index in [1.807, 2.05) is 0 Å². The van der Waals surface area contributed by atoms with Gasteiger partial charge in [-0.05, 0) is 43.3 Å². The monoisotopic (exact) mass is 413 g/mol. The van der Waals surface area contributed by atoms with Crippen LogP contribution in [0.15, 0.2) is 53.4 Å². The minimum atomic E-state index is -3.77. The molecule has 0 bridgehead atoms. The topological polar surface area (TPSA) is 89.5 Å². The van der Waals surface area contributed by atoms with Crippen LogP contribution >= 0.6 is 11.6 Å². The molecule has 0 radical (unpaired) electrons. The average Bonchev–Trinajstić information content (AvgIpc) is 2.62. The molecule has 9 heteroatoms. The van der Waals surface area contributed by atoms with Gasteiger partial charge in [0.25, 0.3) is 5.91 Å². The minimum Gasteiger partial charge on any atom is -0.453 e. The number of halogens is 2. The number of sulfone groups is 1. The van der Waals surface area contributed by atoms with Crippen molar-refractivity contribution in [1.29, 1.82) is 0 Å². The lowest BCUT2D eigenvalue weighted by molar-refractivity contribution is -0.152. The molecule has 2 aromatic carbocycles. The number of rotatable bonds is 7. The molecule has 0 aliphatic heterocycles. The molecular weight excluding hydrogens is 397 g/mol. The van der Waals surface area contributed by atoms with Crippen LogP contribution in [0.4, 0.5) is 10.1 Å². The number of nitrogens with one attached hydrogen (secondary N) is 1. The van der Waals surface area contributed by atoms with E-state index in [1.165, 1.54) is 6.92 Å². The second kappa shape index (κ2) is 8.96. The number of benzene rings is 2. The van der Waals surface area contributed by atoms with Gasteiger partial charge in [-0.1, -0.05) is 23.7 Å². The summed E-state index contributed by atoms with van der Waals surface area (Å²) in [5, 5.41) is 2.85. The highest BCUT2D eigenvalue weighted by Crippen LogP contribution is 2.20. The standard InChI is InChI=1S/C18H17ClFNO5S/c1-12(18(23)21-16-5-3-2-4-15(16)19)26-17(22)10-11-27(24,25)14-8-6-13(20)7-9-14/h2-9,12H,10-11H2,1H3,(H,21,23)/t12-/m0/s1. The van der Waals surface area contributed by atoms with Crippen LogP contribution in [0.2, 0.25) is 5.02 Å². The van der Waals surface area contributed by atoms with Crippen LogP contribution < -0.4 is 5.32 Å². The minimum absolute atomic E-state index is 0.0961. The maximum atomic E-state index is 12.9. The number of hydrogen-bond acceptors (Lipinski definition) is 5. The predicted molar refractivity (Wildman–Crippen MR) is 98.7 cm³/mol. The Kier molecular flexibility index (Phi) is 6.92. The van der Waals surface area contributed by atoms with E-state index in [4.69, 9.17) is 16.3 Å². The fourth-order valence-corrected chi connectivity index (χ4v) is 3.49. The lowest BCUT2D eigenvalue weighted by Gasteiger charge is -2.14. The number of hydrogen-bond donors (Lipinski definition) is 1. The second-order valence-corrected chi connectivity index (χ2v) is 8.14. The van der Waals surface area contributed by atoms with Crippen LogP contribution in [-0.2, 0) is 24.2 Å². The van der Waals surface area contributed by atoms with Crippen LogP contribution in [0.3, 0.4) is 0 Å². The largest absolute Gasteiger partial charge is 0.453 e. The van der Waals surface area contributed by atoms with Crippen LogP contribution in [0, 0.1) is 5.82 Å². The third-order valence-corrected chi connectivity index (χ3v) is 5.62. The zero-order valence-electron chi connectivity index (χ0n) is 14.3. The van der Waals surface area contributed by atoms with E-state index in [9.17, 15) is 22.4 Å². The molecule has 0 fully saturated rings. The second-order valence-electron chi connectivity index (χ2n) is 5.62. The van der Waals surface area contributed by atoms with E-state index in [1.54, 1.807) is 24.3 Å². The first-order chi connectivity index (χ1) is 12.7. The molecule has 0 heterocycles. The number of esters is 1. The summed E-state index contributed by atoms with van der Waals surface area (Å²) in [6.45, 7) is 1.36. The molecule has 6 nitrogen and oxygen atoms in total. The molecule has 1 N–H and O–H groups in total. The molecule has 144 valence electrons. The Labute approximate surface area is 161 Å². The molecule has 27 heavy (non-hydrogen) atoms. The molecule has 0 aliphatic rings. The normalized spacial score (nSPS) is 12.3. The van der Waals surface area contributed by atoms with Crippen molar-refractivity contribution >= 4 is 39.0 Å². The Morgan fingerprint density at radius 3 is 2.41 bits per heavy atom. The van der Waals surface area contributed by atoms with Crippen molar-refractivity contribution in [3.63, 3.8) is 0 Å². The highest BCUT2D eigenvalue weighted by atomic mass is 35.5. The third kappa shape index (κ3) is 6.04. The predicted octanol–water partition coefficient (Wildman–Crippen LogP) is 3.21. The van der Waals surface area contributed by atoms with Gasteiger partial charge in [0.05, 0.1) is 27.8 Å². The number of anilines is 1. The van der Waals surface area contributed by atoms with Gasteiger partial charge in [0, 0.05) is 0 Å². The van der Waals surface area contributed by atoms with E-state index in [0.717, 1.165) is 24.3 Å². The summed E-state index contributed by atoms with van der Waals surface area (Å²) in [6.07, 6.45) is -1.58. The highest BCUT2D eigenvalue weighted by Gasteiger charge is 2.21. The SMILES string of the molecule is C[C@H](OC(=O)CCS(=O)(=O)c1ccc(F)cc1)C(=O)Nc1ccccc1Cl. The Bertz CT molecular complexity index is 931. The van der Waals surface area contributed by atoms with Crippen LogP contribution in [0.25, 0.3) is 0 Å². The molecule has 0 aromatic heterocycles. The maximum Gasteiger partial charge on any atom is 0.307 e. The summed E-state index contributed by atoms with van der Waals surface area (Å²) < 4.78 is 42.1. The van der Waals surface area contributed by atoms with Crippen molar-refractivity contribution in [1.82, 2.24) is 0 Å². The highest BCUT2D eigenvalue weighted by molar-refractivity contribution is 7.91. The van der Waals surface area contributed by atoms with Crippen molar-refractivity contribution in [2.45, 2.75) is 24.3 Å². The van der Waals surface area contributed by atoms with Crippen LogP contribution in [0.5, 0.6) is 0 Å². The Morgan fingerprint density at radius 1 is 1.15 bits per heavy atom. The average molecular weight is 414 g/mol. The smallest absolute Gasteiger partial charge is 0.307 e. The summed E-state index contributed by atoms with van der Waals surface area (Å²) >= 11 is 5.93. The molecule has 0 saturated carbocycles. The molecule has 0 spiro atoms. The number of para-hydroxylation sites is 1. The van der Waals surface area contributed by atoms with Gasteiger partial charge in [-0.2, -0.15) is 0 Å². The van der Waals surface area contributed by atoms with Gasteiger partial charge in [0.15, 0.2) is 15.9 Å². The van der Waals surface area contributed by atoms with Gasteiger partial charge < -0.3 is 10.1 Å². The number of ether oxygens (including phenoxy) is 1. The third-order valence-electron chi connectivity index (χ3n) is 3.56. The summed E-state index contributed by atoms with van der Waals surface area (Å²) in [7, 11) is -3.77. The quantitative estimate of drug-likeness (QED) is 0.556. The van der Waals surface area contributed by atoms with E-state index in [0.29, 0.717) is 10.7 Å². The number of carbonyl (C=O) groups excluding carboxylic acids is 2. The molecular formula is C18H17ClFNO5S. The fourth-order valence-electron chi connectivity index (χ4n) is 2.08. The van der Waals surface area contributed by atoms with Crippen molar-refractivity contribution in [3.05, 3.63) is 59.4 Å².